The minimum Gasteiger partial charge on any atom is -0.351 e. The second-order valence-electron chi connectivity index (χ2n) is 0.595. The first-order valence-corrected chi connectivity index (χ1v) is 2.60. The van der Waals surface area contributed by atoms with Crippen molar-refractivity contribution in [2.24, 2.45) is 0 Å². The molecule has 2 nitrogen and oxygen atoms in total. The van der Waals surface area contributed by atoms with E-state index in [1.54, 1.807) is 0 Å². The van der Waals surface area contributed by atoms with Gasteiger partial charge in [0.05, 0.1) is 0 Å². The van der Waals surface area contributed by atoms with Crippen molar-refractivity contribution in [2.45, 2.75) is 0 Å². The molecule has 0 amide bonds. The Balaban J connectivity index is 2.34. The van der Waals surface area contributed by atoms with Crippen LogP contribution in [0.4, 0.5) is 0 Å². The van der Waals surface area contributed by atoms with E-state index in [4.69, 9.17) is 0 Å². The van der Waals surface area contributed by atoms with Crippen LogP contribution in [0.15, 0.2) is 0 Å². The molecule has 1 radical (unpaired) electrons. The van der Waals surface area contributed by atoms with Crippen molar-refractivity contribution in [3.05, 3.63) is 6.79 Å². The van der Waals surface area contributed by atoms with Crippen molar-refractivity contribution in [1.82, 2.24) is 0 Å². The predicted molar refractivity (Wildman–Crippen MR) is 25.9 cm³/mol. The Morgan fingerprint density at radius 1 is 1.67 bits per heavy atom. The zero-order chi connectivity index (χ0) is 4.83. The molecule has 0 aromatic rings. The maximum atomic E-state index is 4.55. The summed E-state index contributed by atoms with van der Waals surface area (Å²) >= 11 is 1.25. The first-order chi connectivity index (χ1) is 2.91. The van der Waals surface area contributed by atoms with Crippen molar-refractivity contribution < 1.29 is 8.92 Å². The van der Waals surface area contributed by atoms with Gasteiger partial charge in [0, 0.05) is 13.4 Å². The van der Waals surface area contributed by atoms with Crippen molar-refractivity contribution >= 4 is 12.0 Å². The van der Waals surface area contributed by atoms with Crippen LogP contribution in [0.25, 0.3) is 0 Å². The minimum absolute atomic E-state index is 1.25. The van der Waals surface area contributed by atoms with E-state index in [1.807, 2.05) is 6.26 Å². The molecule has 0 saturated heterocycles. The number of methoxy groups -OCH3 is 1. The van der Waals surface area contributed by atoms with Crippen molar-refractivity contribution in [3.63, 3.8) is 0 Å². The molecule has 0 aromatic carbocycles. The fourth-order valence-electron chi connectivity index (χ4n) is 0.0786. The zero-order valence-electron chi connectivity index (χ0n) is 3.80. The second kappa shape index (κ2) is 5.27. The molecule has 0 N–H and O–H groups in total. The van der Waals surface area contributed by atoms with Crippen molar-refractivity contribution in [1.29, 1.82) is 0 Å². The highest BCUT2D eigenvalue weighted by molar-refractivity contribution is 7.93. The SMILES string of the molecule is CO[CH]OSC. The number of ether oxygens (including phenoxy) is 1. The molecule has 3 heteroatoms. The third-order valence-electron chi connectivity index (χ3n) is 0.232. The minimum atomic E-state index is 1.25. The predicted octanol–water partition coefficient (Wildman–Crippen LogP) is 1.05. The number of rotatable bonds is 3. The third kappa shape index (κ3) is 4.27. The quantitative estimate of drug-likeness (QED) is 0.396. The van der Waals surface area contributed by atoms with Crippen molar-refractivity contribution in [3.8, 4) is 0 Å². The molecule has 0 aromatic heterocycles. The normalized spacial score (nSPS) is 9.00. The van der Waals surface area contributed by atoms with Gasteiger partial charge >= 0.3 is 0 Å². The monoisotopic (exact) mass is 107 g/mol. The summed E-state index contributed by atoms with van der Waals surface area (Å²) in [6.07, 6.45) is 1.82. The summed E-state index contributed by atoms with van der Waals surface area (Å²) in [5.74, 6) is 0. The van der Waals surface area contributed by atoms with E-state index in [0.717, 1.165) is 0 Å². The largest absolute Gasteiger partial charge is 0.351 e. The molecular formula is C3H7O2S. The third-order valence-corrected chi connectivity index (χ3v) is 0.503. The molecule has 0 atom stereocenters. The molecule has 0 spiro atoms. The second-order valence-corrected chi connectivity index (χ2v) is 1.12. The van der Waals surface area contributed by atoms with Gasteiger partial charge in [-0.25, -0.2) is 0 Å². The molecule has 0 heterocycles. The molecule has 37 valence electrons. The molecule has 0 unspecified atom stereocenters. The van der Waals surface area contributed by atoms with E-state index < -0.39 is 0 Å². The maximum absolute atomic E-state index is 4.55. The summed E-state index contributed by atoms with van der Waals surface area (Å²) in [5, 5.41) is 0. The van der Waals surface area contributed by atoms with E-state index in [0.29, 0.717) is 0 Å². The molecular weight excluding hydrogens is 100 g/mol. The first-order valence-electron chi connectivity index (χ1n) is 1.45. The van der Waals surface area contributed by atoms with Crippen molar-refractivity contribution in [2.75, 3.05) is 13.4 Å². The van der Waals surface area contributed by atoms with Crippen LogP contribution in [-0.4, -0.2) is 13.4 Å². The van der Waals surface area contributed by atoms with Crippen LogP contribution >= 0.6 is 12.0 Å². The summed E-state index contributed by atoms with van der Waals surface area (Å²) in [4.78, 5) is 0. The van der Waals surface area contributed by atoms with E-state index >= 15 is 0 Å². The topological polar surface area (TPSA) is 18.5 Å². The molecule has 0 bridgehead atoms. The first kappa shape index (κ1) is 6.27. The Hall–Kier alpha value is 0.270. The van der Waals surface area contributed by atoms with Crippen LogP contribution in [0.1, 0.15) is 0 Å². The Morgan fingerprint density at radius 2 is 2.33 bits per heavy atom. The van der Waals surface area contributed by atoms with Gasteiger partial charge in [-0.15, -0.1) is 0 Å². The van der Waals surface area contributed by atoms with Gasteiger partial charge in [-0.05, 0) is 12.0 Å². The summed E-state index contributed by atoms with van der Waals surface area (Å²) in [6, 6.07) is 0. The van der Waals surface area contributed by atoms with Crippen LogP contribution < -0.4 is 0 Å². The van der Waals surface area contributed by atoms with Crippen LogP contribution in [0.3, 0.4) is 0 Å². The van der Waals surface area contributed by atoms with E-state index in [2.05, 4.69) is 8.92 Å². The van der Waals surface area contributed by atoms with Gasteiger partial charge in [0.1, 0.15) is 0 Å². The van der Waals surface area contributed by atoms with Gasteiger partial charge in [-0.1, -0.05) is 0 Å². The lowest BCUT2D eigenvalue weighted by molar-refractivity contribution is 0.153. The summed E-state index contributed by atoms with van der Waals surface area (Å²) in [7, 11) is 1.54. The smallest absolute Gasteiger partial charge is 0.222 e. The number of hydrogen-bond acceptors (Lipinski definition) is 3. The fraction of sp³-hybridized carbons (Fsp3) is 0.667. The average molecular weight is 107 g/mol. The van der Waals surface area contributed by atoms with Gasteiger partial charge in [0.15, 0.2) is 0 Å². The van der Waals surface area contributed by atoms with Gasteiger partial charge in [0.25, 0.3) is 0 Å². The Kier molecular flexibility index (Phi) is 5.51. The zero-order valence-corrected chi connectivity index (χ0v) is 4.62. The van der Waals surface area contributed by atoms with Crippen LogP contribution in [0.5, 0.6) is 0 Å². The van der Waals surface area contributed by atoms with Crippen LogP contribution in [0, 0.1) is 6.79 Å². The maximum Gasteiger partial charge on any atom is 0.222 e. The van der Waals surface area contributed by atoms with Gasteiger partial charge in [-0.3, -0.25) is 4.18 Å². The highest BCUT2D eigenvalue weighted by Gasteiger charge is 1.74. The van der Waals surface area contributed by atoms with E-state index in [-0.39, 0.29) is 0 Å². The fourth-order valence-corrected chi connectivity index (χ4v) is 0.236. The molecule has 0 fully saturated rings. The molecule has 0 aliphatic heterocycles. The van der Waals surface area contributed by atoms with Gasteiger partial charge < -0.3 is 4.74 Å². The lowest BCUT2D eigenvalue weighted by Gasteiger charge is -1.89. The molecule has 0 rings (SSSR count). The van der Waals surface area contributed by atoms with Crippen LogP contribution in [0.2, 0.25) is 0 Å². The summed E-state index contributed by atoms with van der Waals surface area (Å²) < 4.78 is 8.97. The lowest BCUT2D eigenvalue weighted by atomic mass is 11.4. The van der Waals surface area contributed by atoms with Gasteiger partial charge in [-0.2, -0.15) is 0 Å². The molecule has 6 heavy (non-hydrogen) atoms. The summed E-state index contributed by atoms with van der Waals surface area (Å²) in [6.45, 7) is 1.27. The molecule has 0 aliphatic rings. The average Bonchev–Trinajstić information content (AvgIpc) is 1.61. The Bertz CT molecular complexity index is 20.8. The Labute approximate surface area is 42.0 Å². The summed E-state index contributed by atoms with van der Waals surface area (Å²) in [5.41, 5.74) is 0. The number of hydrogen-bond donors (Lipinski definition) is 0. The molecule has 0 saturated carbocycles. The van der Waals surface area contributed by atoms with Crippen LogP contribution in [-0.2, 0) is 8.92 Å². The molecule has 0 aliphatic carbocycles. The highest BCUT2D eigenvalue weighted by atomic mass is 32.2. The van der Waals surface area contributed by atoms with E-state index in [1.165, 1.54) is 25.9 Å². The Morgan fingerprint density at radius 3 is 2.50 bits per heavy atom. The standard InChI is InChI=1S/C3H7O2S/c1-4-3-5-6-2/h3H,1-2H3. The lowest BCUT2D eigenvalue weighted by Crippen LogP contribution is -1.76. The highest BCUT2D eigenvalue weighted by Crippen LogP contribution is 1.95. The van der Waals surface area contributed by atoms with E-state index in [9.17, 15) is 0 Å². The van der Waals surface area contributed by atoms with Gasteiger partial charge in [0.2, 0.25) is 6.79 Å².